The third-order valence-corrected chi connectivity index (χ3v) is 3.56. The van der Waals surface area contributed by atoms with Gasteiger partial charge in [0.05, 0.1) is 11.6 Å². The lowest BCUT2D eigenvalue weighted by atomic mass is 9.99. The highest BCUT2D eigenvalue weighted by Gasteiger charge is 2.21. The molecule has 0 aromatic carbocycles. The highest BCUT2D eigenvalue weighted by molar-refractivity contribution is 7.14. The van der Waals surface area contributed by atoms with Gasteiger partial charge in [-0.3, -0.25) is 9.59 Å². The largest absolute Gasteiger partial charge is 0.366 e. The van der Waals surface area contributed by atoms with E-state index < -0.39 is 11.9 Å². The van der Waals surface area contributed by atoms with Gasteiger partial charge in [-0.05, 0) is 17.4 Å². The molecule has 0 spiro atoms. The molecule has 0 bridgehead atoms. The van der Waals surface area contributed by atoms with E-state index in [4.69, 9.17) is 11.5 Å². The summed E-state index contributed by atoms with van der Waals surface area (Å²) >= 11 is 1.25. The van der Waals surface area contributed by atoms with Crippen molar-refractivity contribution in [1.29, 1.82) is 0 Å². The Balaban J connectivity index is 2.74. The molecule has 5 N–H and O–H groups in total. The lowest BCUT2D eigenvalue weighted by Crippen LogP contribution is -2.40. The lowest BCUT2D eigenvalue weighted by Gasteiger charge is -2.17. The minimum atomic E-state index is -0.581. The Hall–Kier alpha value is -1.40. The molecule has 5 nitrogen and oxygen atoms in total. The number of carbonyl (C=O) groups excluding carboxylic acids is 2. The van der Waals surface area contributed by atoms with E-state index in [0.717, 1.165) is 6.42 Å². The van der Waals surface area contributed by atoms with Crippen molar-refractivity contribution in [1.82, 2.24) is 0 Å². The summed E-state index contributed by atoms with van der Waals surface area (Å²) in [5.41, 5.74) is 11.3. The number of primary amides is 1. The molecule has 0 saturated carbocycles. The van der Waals surface area contributed by atoms with Gasteiger partial charge >= 0.3 is 0 Å². The second-order valence-electron chi connectivity index (χ2n) is 3.93. The summed E-state index contributed by atoms with van der Waals surface area (Å²) < 4.78 is 0. The van der Waals surface area contributed by atoms with Crippen molar-refractivity contribution >= 4 is 28.2 Å². The molecular formula is C11H17N3O2S. The average molecular weight is 255 g/mol. The first-order valence-corrected chi connectivity index (χ1v) is 6.29. The van der Waals surface area contributed by atoms with Crippen LogP contribution in [0.25, 0.3) is 0 Å². The third-order valence-electron chi connectivity index (χ3n) is 2.73. The fourth-order valence-electron chi connectivity index (χ4n) is 1.31. The molecule has 1 heterocycles. The van der Waals surface area contributed by atoms with Crippen molar-refractivity contribution in [2.45, 2.75) is 26.3 Å². The molecular weight excluding hydrogens is 238 g/mol. The Bertz CT molecular complexity index is 417. The molecule has 6 heteroatoms. The summed E-state index contributed by atoms with van der Waals surface area (Å²) in [4.78, 5) is 22.9. The number of nitrogens with two attached hydrogens (primary N) is 2. The fourth-order valence-corrected chi connectivity index (χ4v) is 2.10. The summed E-state index contributed by atoms with van der Waals surface area (Å²) in [6.07, 6.45) is 0.821. The van der Waals surface area contributed by atoms with Crippen LogP contribution in [0.3, 0.4) is 0 Å². The summed E-state index contributed by atoms with van der Waals surface area (Å²) in [5.74, 6) is -0.755. The number of rotatable bonds is 5. The summed E-state index contributed by atoms with van der Waals surface area (Å²) in [5, 5.41) is 4.80. The summed E-state index contributed by atoms with van der Waals surface area (Å²) in [6.45, 7) is 3.88. The molecule has 0 aliphatic carbocycles. The maximum atomic E-state index is 11.8. The smallest absolute Gasteiger partial charge is 0.251 e. The first-order valence-electron chi connectivity index (χ1n) is 5.41. The fraction of sp³-hybridized carbons (Fsp3) is 0.455. The highest BCUT2D eigenvalue weighted by Crippen LogP contribution is 2.23. The van der Waals surface area contributed by atoms with E-state index in [-0.39, 0.29) is 11.8 Å². The monoisotopic (exact) mass is 255 g/mol. The number of carbonyl (C=O) groups is 2. The zero-order valence-corrected chi connectivity index (χ0v) is 10.7. The second kappa shape index (κ2) is 5.79. The normalized spacial score (nSPS) is 14.1. The Morgan fingerprint density at radius 1 is 1.53 bits per heavy atom. The van der Waals surface area contributed by atoms with Gasteiger partial charge in [0.25, 0.3) is 5.91 Å². The van der Waals surface area contributed by atoms with E-state index in [0.29, 0.717) is 10.6 Å². The van der Waals surface area contributed by atoms with Crippen LogP contribution in [-0.2, 0) is 4.79 Å². The number of hydrogen-bond donors (Lipinski definition) is 3. The van der Waals surface area contributed by atoms with E-state index in [1.165, 1.54) is 11.3 Å². The van der Waals surface area contributed by atoms with Gasteiger partial charge in [0.1, 0.15) is 5.00 Å². The Labute approximate surface area is 104 Å². The number of thiophene rings is 1. The maximum absolute atomic E-state index is 11.8. The van der Waals surface area contributed by atoms with Crippen LogP contribution >= 0.6 is 11.3 Å². The van der Waals surface area contributed by atoms with Crippen molar-refractivity contribution in [3.8, 4) is 0 Å². The molecule has 17 heavy (non-hydrogen) atoms. The minimum absolute atomic E-state index is 0.0898. The Kier molecular flexibility index (Phi) is 4.65. The maximum Gasteiger partial charge on any atom is 0.251 e. The molecule has 0 aliphatic rings. The van der Waals surface area contributed by atoms with E-state index in [9.17, 15) is 9.59 Å². The van der Waals surface area contributed by atoms with Crippen LogP contribution in [0, 0.1) is 5.92 Å². The lowest BCUT2D eigenvalue weighted by molar-refractivity contribution is -0.118. The van der Waals surface area contributed by atoms with Gasteiger partial charge < -0.3 is 16.8 Å². The molecule has 0 aliphatic heterocycles. The summed E-state index contributed by atoms with van der Waals surface area (Å²) in [7, 11) is 0. The van der Waals surface area contributed by atoms with Crippen molar-refractivity contribution in [3.05, 3.63) is 17.0 Å². The quantitative estimate of drug-likeness (QED) is 0.736. The SMILES string of the molecule is CCC(C)C(N)C(=O)Nc1sccc1C(N)=O. The number of anilines is 1. The molecule has 0 fully saturated rings. The topological polar surface area (TPSA) is 98.2 Å². The van der Waals surface area contributed by atoms with E-state index in [1.807, 2.05) is 13.8 Å². The first-order chi connectivity index (χ1) is 7.97. The zero-order chi connectivity index (χ0) is 13.0. The van der Waals surface area contributed by atoms with Gasteiger partial charge in [-0.15, -0.1) is 11.3 Å². The summed E-state index contributed by atoms with van der Waals surface area (Å²) in [6, 6.07) is 1.00. The number of amides is 2. The standard InChI is InChI=1S/C11H17N3O2S/c1-3-6(2)8(12)10(16)14-11-7(9(13)15)4-5-17-11/h4-6,8H,3,12H2,1-2H3,(H2,13,15)(H,14,16). The van der Waals surface area contributed by atoms with Crippen molar-refractivity contribution in [3.63, 3.8) is 0 Å². The molecule has 1 aromatic heterocycles. The van der Waals surface area contributed by atoms with Crippen LogP contribution in [0.2, 0.25) is 0 Å². The molecule has 0 radical (unpaired) electrons. The molecule has 0 saturated heterocycles. The predicted octanol–water partition coefficient (Wildman–Crippen LogP) is 1.16. The Morgan fingerprint density at radius 2 is 2.18 bits per heavy atom. The van der Waals surface area contributed by atoms with E-state index in [2.05, 4.69) is 5.32 Å². The number of hydrogen-bond acceptors (Lipinski definition) is 4. The third kappa shape index (κ3) is 3.28. The molecule has 1 rings (SSSR count). The number of nitrogens with one attached hydrogen (secondary N) is 1. The van der Waals surface area contributed by atoms with E-state index in [1.54, 1.807) is 11.4 Å². The van der Waals surface area contributed by atoms with Gasteiger partial charge in [-0.25, -0.2) is 0 Å². The molecule has 1 aromatic rings. The molecule has 2 amide bonds. The van der Waals surface area contributed by atoms with E-state index >= 15 is 0 Å². The molecule has 2 atom stereocenters. The van der Waals surface area contributed by atoms with Crippen LogP contribution in [0.5, 0.6) is 0 Å². The van der Waals surface area contributed by atoms with Gasteiger partial charge in [0, 0.05) is 0 Å². The first kappa shape index (κ1) is 13.7. The zero-order valence-electron chi connectivity index (χ0n) is 9.90. The van der Waals surface area contributed by atoms with Crippen LogP contribution in [0.4, 0.5) is 5.00 Å². The van der Waals surface area contributed by atoms with Crippen LogP contribution < -0.4 is 16.8 Å². The molecule has 2 unspecified atom stereocenters. The molecule has 94 valence electrons. The van der Waals surface area contributed by atoms with Gasteiger partial charge in [0.15, 0.2) is 0 Å². The van der Waals surface area contributed by atoms with Crippen LogP contribution in [0.15, 0.2) is 11.4 Å². The van der Waals surface area contributed by atoms with Gasteiger partial charge in [-0.1, -0.05) is 20.3 Å². The second-order valence-corrected chi connectivity index (χ2v) is 4.84. The van der Waals surface area contributed by atoms with Crippen LogP contribution in [-0.4, -0.2) is 17.9 Å². The highest BCUT2D eigenvalue weighted by atomic mass is 32.1. The van der Waals surface area contributed by atoms with Crippen molar-refractivity contribution in [2.24, 2.45) is 17.4 Å². The van der Waals surface area contributed by atoms with Gasteiger partial charge in [0.2, 0.25) is 5.91 Å². The van der Waals surface area contributed by atoms with Crippen molar-refractivity contribution < 1.29 is 9.59 Å². The Morgan fingerprint density at radius 3 is 2.71 bits per heavy atom. The van der Waals surface area contributed by atoms with Crippen molar-refractivity contribution in [2.75, 3.05) is 5.32 Å². The van der Waals surface area contributed by atoms with Gasteiger partial charge in [-0.2, -0.15) is 0 Å². The average Bonchev–Trinajstić information content (AvgIpc) is 2.75. The predicted molar refractivity (Wildman–Crippen MR) is 68.9 cm³/mol. The van der Waals surface area contributed by atoms with Crippen LogP contribution in [0.1, 0.15) is 30.6 Å². The minimum Gasteiger partial charge on any atom is -0.366 e.